The first-order chi connectivity index (χ1) is 8.45. The second-order valence-electron chi connectivity index (χ2n) is 3.93. The molecule has 0 radical (unpaired) electrons. The molecule has 2 heterocycles. The molecule has 3 N–H and O–H groups in total. The van der Waals surface area contributed by atoms with Gasteiger partial charge < -0.3 is 5.73 Å². The van der Waals surface area contributed by atoms with Crippen molar-refractivity contribution < 1.29 is 9.59 Å². The Hall–Kier alpha value is -1.83. The van der Waals surface area contributed by atoms with Crippen LogP contribution < -0.4 is 16.2 Å². The van der Waals surface area contributed by atoms with E-state index in [1.807, 2.05) is 0 Å². The Morgan fingerprint density at radius 1 is 1.61 bits per heavy atom. The van der Waals surface area contributed by atoms with Crippen LogP contribution in [0, 0.1) is 0 Å². The zero-order valence-electron chi connectivity index (χ0n) is 9.67. The zero-order valence-corrected chi connectivity index (χ0v) is 10.5. The molecule has 1 aliphatic heterocycles. The smallest absolute Gasteiger partial charge is 0.254 e. The van der Waals surface area contributed by atoms with Crippen molar-refractivity contribution in [1.82, 2.24) is 9.97 Å². The van der Waals surface area contributed by atoms with Crippen LogP contribution >= 0.6 is 11.8 Å². The molecule has 0 bridgehead atoms. The van der Waals surface area contributed by atoms with E-state index in [1.54, 1.807) is 0 Å². The van der Waals surface area contributed by atoms with Gasteiger partial charge in [-0.25, -0.2) is 0 Å². The summed E-state index contributed by atoms with van der Waals surface area (Å²) >= 11 is 1.12. The van der Waals surface area contributed by atoms with Gasteiger partial charge >= 0.3 is 0 Å². The lowest BCUT2D eigenvalue weighted by atomic mass is 10.4. The molecule has 1 amide bonds. The van der Waals surface area contributed by atoms with Crippen molar-refractivity contribution in [3.8, 4) is 0 Å². The van der Waals surface area contributed by atoms with E-state index in [4.69, 9.17) is 5.73 Å². The topological polar surface area (TPSA) is 109 Å². The number of anilines is 2. The number of hydrogen-bond acceptors (Lipinski definition) is 6. The normalized spacial score (nSPS) is 19.3. The lowest BCUT2D eigenvalue weighted by molar-refractivity contribution is -0.117. The highest BCUT2D eigenvalue weighted by Crippen LogP contribution is 2.26. The first-order valence-electron chi connectivity index (χ1n) is 5.30. The molecule has 1 saturated heterocycles. The van der Waals surface area contributed by atoms with E-state index in [0.29, 0.717) is 6.54 Å². The Bertz CT molecular complexity index is 556. The highest BCUT2D eigenvalue weighted by molar-refractivity contribution is 8.14. The van der Waals surface area contributed by atoms with Gasteiger partial charge in [0.25, 0.3) is 5.56 Å². The molecular formula is C10H12N4O3S. The van der Waals surface area contributed by atoms with Crippen LogP contribution in [0.25, 0.3) is 0 Å². The van der Waals surface area contributed by atoms with Gasteiger partial charge in [-0.15, -0.1) is 0 Å². The van der Waals surface area contributed by atoms with Gasteiger partial charge in [-0.3, -0.25) is 24.3 Å². The molecule has 1 aromatic rings. The zero-order chi connectivity index (χ0) is 13.3. The Balaban J connectivity index is 2.21. The maximum absolute atomic E-state index is 11.8. The first-order valence-corrected chi connectivity index (χ1v) is 6.18. The Morgan fingerprint density at radius 2 is 2.33 bits per heavy atom. The summed E-state index contributed by atoms with van der Waals surface area (Å²) in [5.41, 5.74) is 5.05. The van der Waals surface area contributed by atoms with Crippen LogP contribution in [0.15, 0.2) is 10.9 Å². The molecule has 1 unspecified atom stereocenters. The number of hydrogen-bond donors (Lipinski definition) is 2. The second kappa shape index (κ2) is 4.81. The number of nitrogen functional groups attached to an aromatic ring is 1. The number of aromatic nitrogens is 2. The molecule has 0 aromatic carbocycles. The van der Waals surface area contributed by atoms with Crippen molar-refractivity contribution in [3.05, 3.63) is 16.4 Å². The molecule has 1 atom stereocenters. The third kappa shape index (κ3) is 2.70. The second-order valence-corrected chi connectivity index (χ2v) is 5.41. The predicted octanol–water partition coefficient (Wildman–Crippen LogP) is -0.263. The Kier molecular flexibility index (Phi) is 3.37. The summed E-state index contributed by atoms with van der Waals surface area (Å²) in [4.78, 5) is 41.8. The number of nitrogens with one attached hydrogen (secondary N) is 1. The molecule has 1 aliphatic rings. The van der Waals surface area contributed by atoms with Crippen LogP contribution in [0.4, 0.5) is 11.8 Å². The predicted molar refractivity (Wildman–Crippen MR) is 68.3 cm³/mol. The largest absolute Gasteiger partial charge is 0.383 e. The fraction of sp³-hybridized carbons (Fsp3) is 0.400. The Morgan fingerprint density at radius 3 is 2.94 bits per heavy atom. The summed E-state index contributed by atoms with van der Waals surface area (Å²) in [5, 5.41) is -0.148. The average Bonchev–Trinajstić information content (AvgIpc) is 2.56. The average molecular weight is 268 g/mol. The lowest BCUT2D eigenvalue weighted by Crippen LogP contribution is -2.29. The summed E-state index contributed by atoms with van der Waals surface area (Å²) in [7, 11) is 0. The van der Waals surface area contributed by atoms with Gasteiger partial charge in [0.2, 0.25) is 11.9 Å². The standard InChI is InChI=1S/C10H12N4O3S/c1-5(15)18-6-2-9(17)14(4-6)10-12-7(11)3-8(16)13-10/h3,6H,2,4H2,1H3,(H3,11,12,13,16). The van der Waals surface area contributed by atoms with Gasteiger partial charge in [0.05, 0.1) is 0 Å². The summed E-state index contributed by atoms with van der Waals surface area (Å²) in [6.45, 7) is 1.80. The van der Waals surface area contributed by atoms with Crippen molar-refractivity contribution in [3.63, 3.8) is 0 Å². The molecule has 18 heavy (non-hydrogen) atoms. The summed E-state index contributed by atoms with van der Waals surface area (Å²) in [6.07, 6.45) is 0.253. The molecule has 0 saturated carbocycles. The number of carbonyl (C=O) groups excluding carboxylic acids is 2. The quantitative estimate of drug-likeness (QED) is 0.764. The molecule has 96 valence electrons. The lowest BCUT2D eigenvalue weighted by Gasteiger charge is -2.14. The number of rotatable bonds is 2. The van der Waals surface area contributed by atoms with Crippen LogP contribution in [0.5, 0.6) is 0 Å². The fourth-order valence-corrected chi connectivity index (χ4v) is 2.70. The van der Waals surface area contributed by atoms with E-state index in [1.165, 1.54) is 11.8 Å². The SMILES string of the molecule is CC(=O)SC1CC(=O)N(c2nc(N)cc(=O)[nH]2)C1. The van der Waals surface area contributed by atoms with Crippen molar-refractivity contribution in [1.29, 1.82) is 0 Å². The molecule has 8 heteroatoms. The first kappa shape index (κ1) is 12.6. The van der Waals surface area contributed by atoms with E-state index in [9.17, 15) is 14.4 Å². The minimum atomic E-state index is -0.409. The van der Waals surface area contributed by atoms with Crippen LogP contribution in [0.2, 0.25) is 0 Å². The van der Waals surface area contributed by atoms with Crippen LogP contribution in [0.1, 0.15) is 13.3 Å². The van der Waals surface area contributed by atoms with Gasteiger partial charge in [-0.1, -0.05) is 11.8 Å². The number of nitrogens with zero attached hydrogens (tertiary/aromatic N) is 2. The van der Waals surface area contributed by atoms with E-state index >= 15 is 0 Å². The number of nitrogens with two attached hydrogens (primary N) is 1. The number of thioether (sulfide) groups is 1. The summed E-state index contributed by atoms with van der Waals surface area (Å²) in [6, 6.07) is 1.14. The summed E-state index contributed by atoms with van der Waals surface area (Å²) in [5.74, 6) is 0.0170. The maximum Gasteiger partial charge on any atom is 0.254 e. The van der Waals surface area contributed by atoms with Gasteiger partial charge in [0, 0.05) is 31.2 Å². The minimum absolute atomic E-state index is 0.0383. The van der Waals surface area contributed by atoms with Crippen LogP contribution in [-0.2, 0) is 9.59 Å². The minimum Gasteiger partial charge on any atom is -0.383 e. The van der Waals surface area contributed by atoms with Crippen molar-refractivity contribution in [2.24, 2.45) is 0 Å². The van der Waals surface area contributed by atoms with Crippen LogP contribution in [0.3, 0.4) is 0 Å². The van der Waals surface area contributed by atoms with Crippen molar-refractivity contribution >= 4 is 34.6 Å². The van der Waals surface area contributed by atoms with Gasteiger partial charge in [0.15, 0.2) is 5.12 Å². The van der Waals surface area contributed by atoms with Gasteiger partial charge in [-0.05, 0) is 0 Å². The molecule has 0 spiro atoms. The number of amides is 1. The Labute approximate surface area is 107 Å². The summed E-state index contributed by atoms with van der Waals surface area (Å²) < 4.78 is 0. The molecule has 0 aliphatic carbocycles. The number of carbonyl (C=O) groups is 2. The third-order valence-corrected chi connectivity index (χ3v) is 3.41. The molecule has 1 fully saturated rings. The van der Waals surface area contributed by atoms with E-state index in [0.717, 1.165) is 17.8 Å². The number of H-pyrrole nitrogens is 1. The molecular weight excluding hydrogens is 256 g/mol. The number of aromatic amines is 1. The maximum atomic E-state index is 11.8. The van der Waals surface area contributed by atoms with E-state index in [-0.39, 0.29) is 34.5 Å². The van der Waals surface area contributed by atoms with E-state index in [2.05, 4.69) is 9.97 Å². The molecule has 7 nitrogen and oxygen atoms in total. The molecule has 1 aromatic heterocycles. The van der Waals surface area contributed by atoms with E-state index < -0.39 is 5.56 Å². The van der Waals surface area contributed by atoms with Gasteiger partial charge in [0.1, 0.15) is 5.82 Å². The monoisotopic (exact) mass is 268 g/mol. The highest BCUT2D eigenvalue weighted by Gasteiger charge is 2.33. The third-order valence-electron chi connectivity index (χ3n) is 2.43. The van der Waals surface area contributed by atoms with Gasteiger partial charge in [-0.2, -0.15) is 4.98 Å². The fourth-order valence-electron chi connectivity index (χ4n) is 1.78. The van der Waals surface area contributed by atoms with Crippen molar-refractivity contribution in [2.45, 2.75) is 18.6 Å². The highest BCUT2D eigenvalue weighted by atomic mass is 32.2. The van der Waals surface area contributed by atoms with Crippen molar-refractivity contribution in [2.75, 3.05) is 17.2 Å². The molecule has 2 rings (SSSR count). The van der Waals surface area contributed by atoms with Crippen LogP contribution in [-0.4, -0.2) is 32.8 Å².